The van der Waals surface area contributed by atoms with Crippen LogP contribution in [0.4, 0.5) is 0 Å². The summed E-state index contributed by atoms with van der Waals surface area (Å²) in [6, 6.07) is 5.45. The molecule has 1 saturated heterocycles. The molecule has 1 aliphatic carbocycles. The molecule has 1 fully saturated rings. The first kappa shape index (κ1) is 22.7. The van der Waals surface area contributed by atoms with Crippen LogP contribution in [0.15, 0.2) is 24.3 Å². The topological polar surface area (TPSA) is 151 Å². The van der Waals surface area contributed by atoms with Gasteiger partial charge in [-0.2, -0.15) is 0 Å². The molecule has 10 nitrogen and oxygen atoms in total. The second-order valence-corrected chi connectivity index (χ2v) is 11.9. The Hall–Kier alpha value is -2.02. The number of nitrogens with one attached hydrogen (secondary N) is 4. The fraction of sp³-hybridized carbons (Fsp3) is 0.556. The standard InChI is InChI=1S/C18H26N4O6S2/c1-18(2,22-29(3,25)26)17(24)20-15-12-7-5-4-6-11(12)10-14(15)19-16(23)13-8-9-30(27,28)21-13/h4-7,13-15,21-22H,8-10H2,1-3H3,(H,19,23)(H,20,24)/t13?,14-,15-/m1/s1. The Morgan fingerprint density at radius 1 is 1.17 bits per heavy atom. The lowest BCUT2D eigenvalue weighted by molar-refractivity contribution is -0.128. The summed E-state index contributed by atoms with van der Waals surface area (Å²) in [5, 5.41) is 5.68. The van der Waals surface area contributed by atoms with E-state index < -0.39 is 55.5 Å². The van der Waals surface area contributed by atoms with Crippen LogP contribution < -0.4 is 20.1 Å². The molecule has 1 aromatic rings. The second-order valence-electron chi connectivity index (χ2n) is 8.25. The van der Waals surface area contributed by atoms with Crippen LogP contribution in [0, 0.1) is 0 Å². The molecule has 1 aromatic carbocycles. The first-order chi connectivity index (χ1) is 13.8. The van der Waals surface area contributed by atoms with Gasteiger partial charge in [0.05, 0.1) is 24.1 Å². The highest BCUT2D eigenvalue weighted by Crippen LogP contribution is 2.32. The van der Waals surface area contributed by atoms with Crippen LogP contribution in [0.1, 0.15) is 37.4 Å². The van der Waals surface area contributed by atoms with Gasteiger partial charge in [-0.05, 0) is 37.8 Å². The van der Waals surface area contributed by atoms with Gasteiger partial charge in [0.25, 0.3) is 0 Å². The highest BCUT2D eigenvalue weighted by Gasteiger charge is 2.40. The molecule has 1 unspecified atom stereocenters. The number of hydrogen-bond donors (Lipinski definition) is 4. The van der Waals surface area contributed by atoms with E-state index in [2.05, 4.69) is 20.1 Å². The minimum absolute atomic E-state index is 0.110. The molecule has 2 aliphatic rings. The zero-order valence-corrected chi connectivity index (χ0v) is 18.6. The molecular weight excluding hydrogens is 432 g/mol. The minimum Gasteiger partial charge on any atom is -0.349 e. The van der Waals surface area contributed by atoms with Crippen molar-refractivity contribution in [1.29, 1.82) is 0 Å². The number of hydrogen-bond acceptors (Lipinski definition) is 6. The fourth-order valence-electron chi connectivity index (χ4n) is 3.81. The van der Waals surface area contributed by atoms with Crippen molar-refractivity contribution in [1.82, 2.24) is 20.1 Å². The summed E-state index contributed by atoms with van der Waals surface area (Å²) in [6.45, 7) is 2.90. The van der Waals surface area contributed by atoms with Crippen molar-refractivity contribution in [2.75, 3.05) is 12.0 Å². The number of rotatable bonds is 6. The first-order valence-electron chi connectivity index (χ1n) is 9.45. The van der Waals surface area contributed by atoms with Crippen molar-refractivity contribution >= 4 is 31.9 Å². The third-order valence-electron chi connectivity index (χ3n) is 5.17. The largest absolute Gasteiger partial charge is 0.349 e. The van der Waals surface area contributed by atoms with E-state index in [1.165, 1.54) is 13.8 Å². The van der Waals surface area contributed by atoms with Gasteiger partial charge in [0, 0.05) is 0 Å². The number of carbonyl (C=O) groups excluding carboxylic acids is 2. The van der Waals surface area contributed by atoms with E-state index in [1.54, 1.807) is 0 Å². The van der Waals surface area contributed by atoms with Gasteiger partial charge >= 0.3 is 0 Å². The summed E-state index contributed by atoms with van der Waals surface area (Å²) in [6.07, 6.45) is 1.60. The molecule has 1 heterocycles. The smallest absolute Gasteiger partial charge is 0.241 e. The molecule has 3 atom stereocenters. The molecule has 0 radical (unpaired) electrons. The number of benzene rings is 1. The van der Waals surface area contributed by atoms with Gasteiger partial charge in [0.1, 0.15) is 11.6 Å². The Morgan fingerprint density at radius 3 is 2.43 bits per heavy atom. The number of sulfonamides is 2. The predicted octanol–water partition coefficient (Wildman–Crippen LogP) is -1.10. The van der Waals surface area contributed by atoms with Crippen LogP contribution in [-0.2, 0) is 36.1 Å². The maximum Gasteiger partial charge on any atom is 0.241 e. The van der Waals surface area contributed by atoms with E-state index in [0.29, 0.717) is 6.42 Å². The summed E-state index contributed by atoms with van der Waals surface area (Å²) in [4.78, 5) is 25.5. The Morgan fingerprint density at radius 2 is 1.83 bits per heavy atom. The molecule has 30 heavy (non-hydrogen) atoms. The molecule has 2 amide bonds. The average Bonchev–Trinajstić information content (AvgIpc) is 3.13. The Bertz CT molecular complexity index is 1070. The lowest BCUT2D eigenvalue weighted by atomic mass is 10.0. The summed E-state index contributed by atoms with van der Waals surface area (Å²) < 4.78 is 51.0. The zero-order valence-electron chi connectivity index (χ0n) is 16.9. The van der Waals surface area contributed by atoms with Gasteiger partial charge in [-0.25, -0.2) is 26.3 Å². The molecule has 3 rings (SSSR count). The number of fused-ring (bicyclic) bond motifs is 1. The lowest BCUT2D eigenvalue weighted by Crippen LogP contribution is -2.57. The monoisotopic (exact) mass is 458 g/mol. The maximum atomic E-state index is 12.8. The highest BCUT2D eigenvalue weighted by molar-refractivity contribution is 7.89. The van der Waals surface area contributed by atoms with Crippen molar-refractivity contribution in [2.24, 2.45) is 0 Å². The van der Waals surface area contributed by atoms with Gasteiger partial charge < -0.3 is 10.6 Å². The highest BCUT2D eigenvalue weighted by atomic mass is 32.2. The Balaban J connectivity index is 1.78. The molecule has 1 aliphatic heterocycles. The zero-order chi connectivity index (χ0) is 22.3. The normalized spacial score (nSPS) is 25.5. The van der Waals surface area contributed by atoms with E-state index in [-0.39, 0.29) is 12.2 Å². The van der Waals surface area contributed by atoms with Crippen LogP contribution in [0.2, 0.25) is 0 Å². The van der Waals surface area contributed by atoms with Crippen LogP contribution in [-0.4, -0.2) is 58.3 Å². The quantitative estimate of drug-likeness (QED) is 0.425. The van der Waals surface area contributed by atoms with E-state index in [0.717, 1.165) is 17.4 Å². The van der Waals surface area contributed by atoms with Crippen molar-refractivity contribution in [3.8, 4) is 0 Å². The van der Waals surface area contributed by atoms with Crippen molar-refractivity contribution in [3.63, 3.8) is 0 Å². The molecule has 0 saturated carbocycles. The molecular formula is C18H26N4O6S2. The van der Waals surface area contributed by atoms with Gasteiger partial charge in [-0.3, -0.25) is 9.59 Å². The predicted molar refractivity (Wildman–Crippen MR) is 110 cm³/mol. The number of amides is 2. The second kappa shape index (κ2) is 7.91. The third-order valence-corrected chi connectivity index (χ3v) is 7.47. The van der Waals surface area contributed by atoms with E-state index in [4.69, 9.17) is 0 Å². The van der Waals surface area contributed by atoms with Gasteiger partial charge in [0.2, 0.25) is 31.9 Å². The molecule has 4 N–H and O–H groups in total. The van der Waals surface area contributed by atoms with Gasteiger partial charge in [0.15, 0.2) is 0 Å². The summed E-state index contributed by atoms with van der Waals surface area (Å²) in [5.74, 6) is -1.11. The SMILES string of the molecule is CC(C)(NS(C)(=O)=O)C(=O)N[C@@H]1c2ccccc2C[C@H]1NC(=O)C1CCS(=O)(=O)N1. The van der Waals surface area contributed by atoms with E-state index in [1.807, 2.05) is 24.3 Å². The van der Waals surface area contributed by atoms with Gasteiger partial charge in [-0.1, -0.05) is 24.3 Å². The lowest BCUT2D eigenvalue weighted by Gasteiger charge is -2.29. The Kier molecular flexibility index (Phi) is 5.98. The van der Waals surface area contributed by atoms with Crippen LogP contribution in [0.3, 0.4) is 0 Å². The van der Waals surface area contributed by atoms with Crippen molar-refractivity contribution in [3.05, 3.63) is 35.4 Å². The Labute approximate surface area is 176 Å². The molecule has 0 spiro atoms. The van der Waals surface area contributed by atoms with Crippen LogP contribution in [0.25, 0.3) is 0 Å². The van der Waals surface area contributed by atoms with Crippen LogP contribution in [0.5, 0.6) is 0 Å². The van der Waals surface area contributed by atoms with E-state index in [9.17, 15) is 26.4 Å². The summed E-state index contributed by atoms with van der Waals surface area (Å²) in [5.41, 5.74) is 0.355. The van der Waals surface area contributed by atoms with Crippen molar-refractivity contribution in [2.45, 2.75) is 50.4 Å². The molecule has 166 valence electrons. The maximum absolute atomic E-state index is 12.8. The van der Waals surface area contributed by atoms with Crippen LogP contribution >= 0.6 is 0 Å². The summed E-state index contributed by atoms with van der Waals surface area (Å²) in [7, 11) is -7.06. The van der Waals surface area contributed by atoms with Gasteiger partial charge in [-0.15, -0.1) is 0 Å². The first-order valence-corrected chi connectivity index (χ1v) is 13.0. The molecule has 0 aromatic heterocycles. The van der Waals surface area contributed by atoms with E-state index >= 15 is 0 Å². The number of carbonyl (C=O) groups is 2. The van der Waals surface area contributed by atoms with Crippen molar-refractivity contribution < 1.29 is 26.4 Å². The average molecular weight is 459 g/mol. The molecule has 0 bridgehead atoms. The summed E-state index contributed by atoms with van der Waals surface area (Å²) >= 11 is 0. The molecule has 12 heteroatoms. The third kappa shape index (κ3) is 5.17. The minimum atomic E-state index is -3.62. The fourth-order valence-corrected chi connectivity index (χ4v) is 6.16.